The summed E-state index contributed by atoms with van der Waals surface area (Å²) in [6, 6.07) is 2.00. The lowest BCUT2D eigenvalue weighted by molar-refractivity contribution is -0.121. The van der Waals surface area contributed by atoms with Gasteiger partial charge in [0.15, 0.2) is 0 Å². The van der Waals surface area contributed by atoms with E-state index in [0.717, 1.165) is 11.0 Å². The molecule has 1 unspecified atom stereocenters. The van der Waals surface area contributed by atoms with Gasteiger partial charge in [-0.15, -0.1) is 0 Å². The fraction of sp³-hybridized carbons (Fsp3) is 0.545. The number of carbonyl (C=O) groups excluding carboxylic acids is 1. The molecule has 6 heteroatoms. The summed E-state index contributed by atoms with van der Waals surface area (Å²) in [6.07, 6.45) is 2.84. The SMILES string of the molecule is CCC(C)NC(=O)CCNc1cc(Br)ncn1. The molecular weight excluding hydrogens is 284 g/mol. The van der Waals surface area contributed by atoms with Gasteiger partial charge in [0, 0.05) is 25.1 Å². The first-order valence-corrected chi connectivity index (χ1v) is 6.42. The molecule has 0 saturated carbocycles. The first-order chi connectivity index (χ1) is 8.11. The number of nitrogens with one attached hydrogen (secondary N) is 2. The van der Waals surface area contributed by atoms with Crippen LogP contribution in [0.5, 0.6) is 0 Å². The number of nitrogens with zero attached hydrogens (tertiary/aromatic N) is 2. The van der Waals surface area contributed by atoms with E-state index in [0.29, 0.717) is 18.8 Å². The monoisotopic (exact) mass is 300 g/mol. The quantitative estimate of drug-likeness (QED) is 0.788. The van der Waals surface area contributed by atoms with Crippen molar-refractivity contribution in [3.05, 3.63) is 17.0 Å². The van der Waals surface area contributed by atoms with Crippen molar-refractivity contribution in [3.8, 4) is 0 Å². The molecule has 94 valence electrons. The molecule has 0 fully saturated rings. The van der Waals surface area contributed by atoms with Crippen molar-refractivity contribution in [1.82, 2.24) is 15.3 Å². The molecule has 1 aromatic heterocycles. The topological polar surface area (TPSA) is 66.9 Å². The summed E-state index contributed by atoms with van der Waals surface area (Å²) in [6.45, 7) is 4.60. The van der Waals surface area contributed by atoms with Crippen LogP contribution in [0, 0.1) is 0 Å². The van der Waals surface area contributed by atoms with Gasteiger partial charge in [-0.05, 0) is 29.3 Å². The van der Waals surface area contributed by atoms with Gasteiger partial charge >= 0.3 is 0 Å². The van der Waals surface area contributed by atoms with E-state index in [2.05, 4.69) is 36.5 Å². The van der Waals surface area contributed by atoms with Crippen LogP contribution in [0.1, 0.15) is 26.7 Å². The Kier molecular flexibility index (Phi) is 5.90. The highest BCUT2D eigenvalue weighted by molar-refractivity contribution is 9.10. The van der Waals surface area contributed by atoms with Crippen LogP contribution in [0.4, 0.5) is 5.82 Å². The summed E-state index contributed by atoms with van der Waals surface area (Å²) < 4.78 is 0.721. The van der Waals surface area contributed by atoms with Crippen molar-refractivity contribution in [1.29, 1.82) is 0 Å². The van der Waals surface area contributed by atoms with Gasteiger partial charge in [0.2, 0.25) is 5.91 Å². The normalized spacial score (nSPS) is 11.9. The molecule has 0 aliphatic rings. The first kappa shape index (κ1) is 13.9. The van der Waals surface area contributed by atoms with E-state index in [1.807, 2.05) is 13.8 Å². The van der Waals surface area contributed by atoms with Gasteiger partial charge in [0.25, 0.3) is 0 Å². The van der Waals surface area contributed by atoms with Gasteiger partial charge in [-0.25, -0.2) is 9.97 Å². The molecule has 1 rings (SSSR count). The Hall–Kier alpha value is -1.17. The van der Waals surface area contributed by atoms with Crippen molar-refractivity contribution in [2.24, 2.45) is 0 Å². The van der Waals surface area contributed by atoms with Crippen molar-refractivity contribution in [2.45, 2.75) is 32.7 Å². The predicted octanol–water partition coefficient (Wildman–Crippen LogP) is 1.96. The minimum atomic E-state index is 0.0555. The maximum absolute atomic E-state index is 11.5. The second-order valence-electron chi connectivity index (χ2n) is 3.78. The molecule has 1 atom stereocenters. The molecule has 0 saturated heterocycles. The molecule has 1 heterocycles. The first-order valence-electron chi connectivity index (χ1n) is 5.62. The number of aromatic nitrogens is 2. The van der Waals surface area contributed by atoms with E-state index in [1.165, 1.54) is 6.33 Å². The van der Waals surface area contributed by atoms with E-state index < -0.39 is 0 Å². The van der Waals surface area contributed by atoms with Gasteiger partial charge in [-0.1, -0.05) is 6.92 Å². The summed E-state index contributed by atoms with van der Waals surface area (Å²) in [5.41, 5.74) is 0. The zero-order chi connectivity index (χ0) is 12.7. The standard InChI is InChI=1S/C11H17BrN4O/c1-3-8(2)16-11(17)4-5-13-10-6-9(12)14-7-15-10/h6-8H,3-5H2,1-2H3,(H,16,17)(H,13,14,15). The molecule has 0 aliphatic carbocycles. The van der Waals surface area contributed by atoms with E-state index in [9.17, 15) is 4.79 Å². The largest absolute Gasteiger partial charge is 0.369 e. The Morgan fingerprint density at radius 2 is 2.29 bits per heavy atom. The third-order valence-corrected chi connectivity index (χ3v) is 2.75. The van der Waals surface area contributed by atoms with Crippen LogP contribution in [-0.2, 0) is 4.79 Å². The van der Waals surface area contributed by atoms with E-state index in [4.69, 9.17) is 0 Å². The highest BCUT2D eigenvalue weighted by Gasteiger charge is 2.05. The average molecular weight is 301 g/mol. The van der Waals surface area contributed by atoms with E-state index >= 15 is 0 Å². The number of rotatable bonds is 6. The molecule has 5 nitrogen and oxygen atoms in total. The average Bonchev–Trinajstić information content (AvgIpc) is 2.29. The molecule has 1 amide bonds. The van der Waals surface area contributed by atoms with Gasteiger partial charge in [-0.3, -0.25) is 4.79 Å². The zero-order valence-corrected chi connectivity index (χ0v) is 11.6. The lowest BCUT2D eigenvalue weighted by atomic mass is 10.2. The molecule has 17 heavy (non-hydrogen) atoms. The lowest BCUT2D eigenvalue weighted by Crippen LogP contribution is -2.33. The molecule has 1 aromatic rings. The summed E-state index contributed by atoms with van der Waals surface area (Å²) in [5.74, 6) is 0.767. The van der Waals surface area contributed by atoms with Crippen LogP contribution < -0.4 is 10.6 Å². The second kappa shape index (κ2) is 7.21. The van der Waals surface area contributed by atoms with Crippen LogP contribution >= 0.6 is 15.9 Å². The summed E-state index contributed by atoms with van der Waals surface area (Å²) >= 11 is 3.25. The van der Waals surface area contributed by atoms with Crippen molar-refractivity contribution >= 4 is 27.7 Å². The second-order valence-corrected chi connectivity index (χ2v) is 4.59. The number of anilines is 1. The summed E-state index contributed by atoms with van der Waals surface area (Å²) in [7, 11) is 0. The van der Waals surface area contributed by atoms with Crippen LogP contribution in [0.15, 0.2) is 17.0 Å². The minimum Gasteiger partial charge on any atom is -0.369 e. The Morgan fingerprint density at radius 3 is 2.94 bits per heavy atom. The Morgan fingerprint density at radius 1 is 1.53 bits per heavy atom. The third kappa shape index (κ3) is 5.63. The number of carbonyl (C=O) groups is 1. The molecule has 0 spiro atoms. The van der Waals surface area contributed by atoms with Crippen LogP contribution in [0.3, 0.4) is 0 Å². The van der Waals surface area contributed by atoms with Crippen LogP contribution in [0.2, 0.25) is 0 Å². The zero-order valence-electron chi connectivity index (χ0n) is 10.0. The number of amides is 1. The Balaban J connectivity index is 2.26. The lowest BCUT2D eigenvalue weighted by Gasteiger charge is -2.11. The van der Waals surface area contributed by atoms with Gasteiger partial charge < -0.3 is 10.6 Å². The highest BCUT2D eigenvalue weighted by atomic mass is 79.9. The molecule has 0 aliphatic heterocycles. The molecule has 2 N–H and O–H groups in total. The van der Waals surface area contributed by atoms with Gasteiger partial charge in [0.05, 0.1) is 0 Å². The molecule has 0 aromatic carbocycles. The van der Waals surface area contributed by atoms with E-state index in [1.54, 1.807) is 6.07 Å². The third-order valence-electron chi connectivity index (χ3n) is 2.31. The molecule has 0 radical (unpaired) electrons. The maximum Gasteiger partial charge on any atom is 0.221 e. The summed E-state index contributed by atoms with van der Waals surface area (Å²) in [4.78, 5) is 19.4. The molecular formula is C11H17BrN4O. The van der Waals surface area contributed by atoms with Crippen molar-refractivity contribution in [3.63, 3.8) is 0 Å². The maximum atomic E-state index is 11.5. The van der Waals surface area contributed by atoms with Crippen LogP contribution in [-0.4, -0.2) is 28.5 Å². The predicted molar refractivity (Wildman–Crippen MR) is 70.7 cm³/mol. The van der Waals surface area contributed by atoms with E-state index in [-0.39, 0.29) is 11.9 Å². The van der Waals surface area contributed by atoms with Crippen molar-refractivity contribution in [2.75, 3.05) is 11.9 Å². The number of hydrogen-bond acceptors (Lipinski definition) is 4. The number of halogens is 1. The van der Waals surface area contributed by atoms with Gasteiger partial charge in [-0.2, -0.15) is 0 Å². The van der Waals surface area contributed by atoms with Crippen LogP contribution in [0.25, 0.3) is 0 Å². The summed E-state index contributed by atoms with van der Waals surface area (Å²) in [5, 5.41) is 5.97. The fourth-order valence-electron chi connectivity index (χ4n) is 1.18. The number of hydrogen-bond donors (Lipinski definition) is 2. The Labute approximate surface area is 110 Å². The smallest absolute Gasteiger partial charge is 0.221 e. The van der Waals surface area contributed by atoms with Crippen molar-refractivity contribution < 1.29 is 4.79 Å². The Bertz CT molecular complexity index is 372. The highest BCUT2D eigenvalue weighted by Crippen LogP contribution is 2.09. The minimum absolute atomic E-state index is 0.0555. The van der Waals surface area contributed by atoms with Gasteiger partial charge in [0.1, 0.15) is 16.7 Å². The molecule has 0 bridgehead atoms. The fourth-order valence-corrected chi connectivity index (χ4v) is 1.49.